The van der Waals surface area contributed by atoms with Gasteiger partial charge in [-0.2, -0.15) is 0 Å². The van der Waals surface area contributed by atoms with Crippen LogP contribution in [0.5, 0.6) is 0 Å². The Hall–Kier alpha value is -1.11. The second-order valence-corrected chi connectivity index (χ2v) is 7.65. The van der Waals surface area contributed by atoms with Gasteiger partial charge in [-0.3, -0.25) is 9.59 Å². The molecule has 2 heterocycles. The van der Waals surface area contributed by atoms with Gasteiger partial charge in [0.25, 0.3) is 0 Å². The summed E-state index contributed by atoms with van der Waals surface area (Å²) in [5, 5.41) is 2.82. The molecule has 2 atom stereocenters. The molecular formula is C12H20N2O4S. The lowest BCUT2D eigenvalue weighted by molar-refractivity contribution is -0.136. The molecule has 2 aliphatic rings. The molecule has 0 aromatic heterocycles. The molecule has 108 valence electrons. The molecule has 2 fully saturated rings. The van der Waals surface area contributed by atoms with Crippen LogP contribution in [0.25, 0.3) is 0 Å². The Morgan fingerprint density at radius 3 is 2.58 bits per heavy atom. The second-order valence-electron chi connectivity index (χ2n) is 5.42. The third-order valence-electron chi connectivity index (χ3n) is 3.72. The van der Waals surface area contributed by atoms with Crippen LogP contribution in [0.3, 0.4) is 0 Å². The largest absolute Gasteiger partial charge is 0.352 e. The van der Waals surface area contributed by atoms with Gasteiger partial charge < -0.3 is 10.2 Å². The van der Waals surface area contributed by atoms with Crippen LogP contribution < -0.4 is 5.32 Å². The van der Waals surface area contributed by atoms with E-state index >= 15 is 0 Å². The van der Waals surface area contributed by atoms with E-state index in [2.05, 4.69) is 5.32 Å². The summed E-state index contributed by atoms with van der Waals surface area (Å²) in [5.74, 6) is -0.459. The highest BCUT2D eigenvalue weighted by molar-refractivity contribution is 7.91. The Kier molecular flexibility index (Phi) is 4.13. The fourth-order valence-corrected chi connectivity index (χ4v) is 4.56. The predicted octanol–water partition coefficient (Wildman–Crippen LogP) is -0.452. The van der Waals surface area contributed by atoms with Crippen molar-refractivity contribution in [2.24, 2.45) is 5.92 Å². The summed E-state index contributed by atoms with van der Waals surface area (Å²) in [6.45, 7) is 2.62. The highest BCUT2D eigenvalue weighted by Crippen LogP contribution is 2.22. The third-order valence-corrected chi connectivity index (χ3v) is 5.49. The maximum Gasteiger partial charge on any atom is 0.226 e. The summed E-state index contributed by atoms with van der Waals surface area (Å²) >= 11 is 0. The molecule has 0 bridgehead atoms. The molecule has 2 aliphatic heterocycles. The van der Waals surface area contributed by atoms with Gasteiger partial charge in [0.15, 0.2) is 9.84 Å². The van der Waals surface area contributed by atoms with Gasteiger partial charge in [-0.1, -0.05) is 0 Å². The summed E-state index contributed by atoms with van der Waals surface area (Å²) < 4.78 is 22.8. The zero-order chi connectivity index (χ0) is 14.0. The van der Waals surface area contributed by atoms with Gasteiger partial charge in [-0.15, -0.1) is 0 Å². The molecule has 0 spiro atoms. The second kappa shape index (κ2) is 5.48. The molecule has 19 heavy (non-hydrogen) atoms. The first-order chi connectivity index (χ1) is 8.87. The smallest absolute Gasteiger partial charge is 0.226 e. The van der Waals surface area contributed by atoms with Crippen LogP contribution in [-0.4, -0.2) is 55.8 Å². The number of nitrogens with zero attached hydrogens (tertiary/aromatic N) is 1. The van der Waals surface area contributed by atoms with Crippen molar-refractivity contribution < 1.29 is 18.0 Å². The molecule has 2 amide bonds. The van der Waals surface area contributed by atoms with Gasteiger partial charge in [0, 0.05) is 26.1 Å². The Balaban J connectivity index is 1.94. The van der Waals surface area contributed by atoms with Crippen molar-refractivity contribution in [2.75, 3.05) is 24.6 Å². The monoisotopic (exact) mass is 288 g/mol. The van der Waals surface area contributed by atoms with Crippen molar-refractivity contribution in [3.63, 3.8) is 0 Å². The van der Waals surface area contributed by atoms with E-state index < -0.39 is 9.84 Å². The molecule has 0 radical (unpaired) electrons. The van der Waals surface area contributed by atoms with Crippen molar-refractivity contribution in [3.8, 4) is 0 Å². The number of sulfone groups is 1. The van der Waals surface area contributed by atoms with Gasteiger partial charge in [-0.05, 0) is 19.3 Å². The van der Waals surface area contributed by atoms with Crippen LogP contribution in [-0.2, 0) is 19.4 Å². The summed E-state index contributed by atoms with van der Waals surface area (Å²) in [7, 11) is -3.03. The number of carbonyl (C=O) groups excluding carboxylic acids is 2. The zero-order valence-electron chi connectivity index (χ0n) is 11.1. The van der Waals surface area contributed by atoms with E-state index in [0.717, 1.165) is 12.8 Å². The molecule has 2 saturated heterocycles. The number of carbonyl (C=O) groups is 2. The third kappa shape index (κ3) is 3.68. The molecule has 2 rings (SSSR count). The lowest BCUT2D eigenvalue weighted by Crippen LogP contribution is -2.50. The van der Waals surface area contributed by atoms with Crippen molar-refractivity contribution in [2.45, 2.75) is 32.2 Å². The first-order valence-electron chi connectivity index (χ1n) is 6.64. The molecular weight excluding hydrogens is 268 g/mol. The topological polar surface area (TPSA) is 83.6 Å². The number of hydrogen-bond acceptors (Lipinski definition) is 4. The Labute approximate surface area is 113 Å². The number of amides is 2. The molecule has 0 saturated carbocycles. The average Bonchev–Trinajstić information content (AvgIpc) is 2.68. The van der Waals surface area contributed by atoms with E-state index in [1.165, 1.54) is 6.92 Å². The number of likely N-dealkylation sites (tertiary alicyclic amines) is 1. The van der Waals surface area contributed by atoms with E-state index in [1.807, 2.05) is 0 Å². The summed E-state index contributed by atoms with van der Waals surface area (Å²) in [5.41, 5.74) is 0. The fourth-order valence-electron chi connectivity index (χ4n) is 2.83. The molecule has 6 nitrogen and oxygen atoms in total. The van der Waals surface area contributed by atoms with E-state index in [0.29, 0.717) is 19.5 Å². The van der Waals surface area contributed by atoms with Crippen molar-refractivity contribution >= 4 is 21.7 Å². The molecule has 0 unspecified atom stereocenters. The van der Waals surface area contributed by atoms with Gasteiger partial charge in [-0.25, -0.2) is 8.42 Å². The average molecular weight is 288 g/mol. The van der Waals surface area contributed by atoms with Crippen molar-refractivity contribution in [1.82, 2.24) is 10.2 Å². The summed E-state index contributed by atoms with van der Waals surface area (Å²) in [4.78, 5) is 25.0. The highest BCUT2D eigenvalue weighted by Gasteiger charge is 2.36. The molecule has 0 aliphatic carbocycles. The van der Waals surface area contributed by atoms with Crippen LogP contribution in [0.2, 0.25) is 0 Å². The lowest BCUT2D eigenvalue weighted by atomic mass is 10.0. The minimum atomic E-state index is -3.03. The first-order valence-corrected chi connectivity index (χ1v) is 8.46. The SMILES string of the molecule is CC(=O)N[C@H]1CCCN(C(=O)[C@@H]2CCS(=O)(=O)C2)C1. The Morgan fingerprint density at radius 2 is 2.00 bits per heavy atom. The number of rotatable bonds is 2. The van der Waals surface area contributed by atoms with Gasteiger partial charge in [0.05, 0.1) is 17.4 Å². The molecule has 0 aromatic rings. The van der Waals surface area contributed by atoms with Gasteiger partial charge in [0.1, 0.15) is 0 Å². The first kappa shape index (κ1) is 14.3. The van der Waals surface area contributed by atoms with Crippen LogP contribution in [0.4, 0.5) is 0 Å². The minimum Gasteiger partial charge on any atom is -0.352 e. The number of piperidine rings is 1. The molecule has 1 N–H and O–H groups in total. The molecule has 0 aromatic carbocycles. The fraction of sp³-hybridized carbons (Fsp3) is 0.833. The summed E-state index contributed by atoms with van der Waals surface area (Å²) in [6.07, 6.45) is 2.14. The van der Waals surface area contributed by atoms with E-state index in [-0.39, 0.29) is 35.3 Å². The lowest BCUT2D eigenvalue weighted by Gasteiger charge is -2.34. The maximum absolute atomic E-state index is 12.3. The Morgan fingerprint density at radius 1 is 1.26 bits per heavy atom. The van der Waals surface area contributed by atoms with Crippen LogP contribution in [0, 0.1) is 5.92 Å². The zero-order valence-corrected chi connectivity index (χ0v) is 11.9. The number of hydrogen-bond donors (Lipinski definition) is 1. The standard InChI is InChI=1S/C12H20N2O4S/c1-9(15)13-11-3-2-5-14(7-11)12(16)10-4-6-19(17,18)8-10/h10-11H,2-8H2,1H3,(H,13,15)/t10-,11+/m1/s1. The van der Waals surface area contributed by atoms with Crippen LogP contribution in [0.15, 0.2) is 0 Å². The highest BCUT2D eigenvalue weighted by atomic mass is 32.2. The maximum atomic E-state index is 12.3. The van der Waals surface area contributed by atoms with Gasteiger partial charge >= 0.3 is 0 Å². The van der Waals surface area contributed by atoms with Crippen molar-refractivity contribution in [1.29, 1.82) is 0 Å². The van der Waals surface area contributed by atoms with Crippen LogP contribution >= 0.6 is 0 Å². The van der Waals surface area contributed by atoms with E-state index in [1.54, 1.807) is 4.90 Å². The Bertz CT molecular complexity index is 474. The quantitative estimate of drug-likeness (QED) is 0.746. The summed E-state index contributed by atoms with van der Waals surface area (Å²) in [6, 6.07) is -0.00629. The van der Waals surface area contributed by atoms with Crippen LogP contribution in [0.1, 0.15) is 26.2 Å². The minimum absolute atomic E-state index is 0.00629. The number of nitrogens with one attached hydrogen (secondary N) is 1. The molecule has 7 heteroatoms. The van der Waals surface area contributed by atoms with Gasteiger partial charge in [0.2, 0.25) is 11.8 Å². The van der Waals surface area contributed by atoms with Crippen molar-refractivity contribution in [3.05, 3.63) is 0 Å². The van der Waals surface area contributed by atoms with E-state index in [4.69, 9.17) is 0 Å². The predicted molar refractivity (Wildman–Crippen MR) is 70.2 cm³/mol. The normalized spacial score (nSPS) is 30.1. The van der Waals surface area contributed by atoms with E-state index in [9.17, 15) is 18.0 Å².